The predicted molar refractivity (Wildman–Crippen MR) is 123 cm³/mol. The van der Waals surface area contributed by atoms with Crippen LogP contribution in [0.15, 0.2) is 23.4 Å². The van der Waals surface area contributed by atoms with Crippen molar-refractivity contribution >= 4 is 28.3 Å². The zero-order valence-electron chi connectivity index (χ0n) is 19.8. The number of benzene rings is 1. The molecule has 1 aromatic heterocycles. The van der Waals surface area contributed by atoms with Gasteiger partial charge in [0.1, 0.15) is 23.0 Å². The van der Waals surface area contributed by atoms with Crippen LogP contribution in [0.1, 0.15) is 36.0 Å². The number of rotatable bonds is 6. The number of nitrogens with zero attached hydrogens (tertiary/aromatic N) is 5. The summed E-state index contributed by atoms with van der Waals surface area (Å²) in [4.78, 5) is 14.4. The molecule has 2 fully saturated rings. The number of carbonyl (C=O) groups is 1. The van der Waals surface area contributed by atoms with Gasteiger partial charge in [-0.2, -0.15) is 4.31 Å². The molecule has 0 spiro atoms. The molecule has 206 valence electrons. The highest BCUT2D eigenvalue weighted by Crippen LogP contribution is 2.42. The van der Waals surface area contributed by atoms with Crippen LogP contribution in [0.3, 0.4) is 0 Å². The number of halogens is 6. The number of alkyl halides is 2. The fourth-order valence-corrected chi connectivity index (χ4v) is 6.09. The minimum atomic E-state index is -3.90. The Morgan fingerprint density at radius 2 is 1.59 bits per heavy atom. The molecule has 16 heteroatoms. The van der Waals surface area contributed by atoms with Gasteiger partial charge in [-0.1, -0.05) is 5.21 Å². The van der Waals surface area contributed by atoms with Crippen molar-refractivity contribution in [2.75, 3.05) is 32.7 Å². The monoisotopic (exact) mass is 572 g/mol. The van der Waals surface area contributed by atoms with Gasteiger partial charge in [0.15, 0.2) is 0 Å². The zero-order chi connectivity index (χ0) is 26.3. The average Bonchev–Trinajstić information content (AvgIpc) is 3.25. The Labute approximate surface area is 216 Å². The third kappa shape index (κ3) is 6.04. The minimum absolute atomic E-state index is 0. The number of aromatic nitrogens is 3. The number of carbonyl (C=O) groups excluding carboxylic acids is 1. The molecule has 1 aliphatic heterocycles. The molecule has 2 heterocycles. The first-order valence-electron chi connectivity index (χ1n) is 11.3. The number of hydrogen-bond donors (Lipinski definition) is 1. The smallest absolute Gasteiger partial charge is 0.264 e. The highest BCUT2D eigenvalue weighted by molar-refractivity contribution is 7.89. The van der Waals surface area contributed by atoms with E-state index in [2.05, 4.69) is 15.6 Å². The average molecular weight is 573 g/mol. The minimum Gasteiger partial charge on any atom is -0.350 e. The van der Waals surface area contributed by atoms with E-state index < -0.39 is 63.2 Å². The second-order valence-corrected chi connectivity index (χ2v) is 11.0. The number of piperazine rings is 1. The molecule has 1 saturated heterocycles. The fraction of sp³-hybridized carbons (Fsp3) is 0.571. The van der Waals surface area contributed by atoms with Gasteiger partial charge in [-0.3, -0.25) is 14.4 Å². The Morgan fingerprint density at radius 3 is 2.11 bits per heavy atom. The third-order valence-corrected chi connectivity index (χ3v) is 8.58. The van der Waals surface area contributed by atoms with Crippen LogP contribution in [-0.4, -0.2) is 82.7 Å². The number of amides is 1. The van der Waals surface area contributed by atoms with Crippen molar-refractivity contribution in [3.8, 4) is 0 Å². The van der Waals surface area contributed by atoms with Gasteiger partial charge >= 0.3 is 0 Å². The Kier molecular flexibility index (Phi) is 8.51. The molecule has 1 aromatic carbocycles. The summed E-state index contributed by atoms with van der Waals surface area (Å²) in [7, 11) is -2.37. The van der Waals surface area contributed by atoms with Crippen LogP contribution in [0.25, 0.3) is 0 Å². The molecule has 2 aromatic rings. The summed E-state index contributed by atoms with van der Waals surface area (Å²) in [6.07, 6.45) is 0.313. The molecule has 37 heavy (non-hydrogen) atoms. The summed E-state index contributed by atoms with van der Waals surface area (Å²) in [6, 6.07) is 0.761. The van der Waals surface area contributed by atoms with Gasteiger partial charge in [0.25, 0.3) is 15.9 Å². The van der Waals surface area contributed by atoms with Crippen LogP contribution in [0.4, 0.5) is 22.0 Å². The van der Waals surface area contributed by atoms with Gasteiger partial charge in [-0.05, 0) is 12.8 Å². The standard InChI is InChI=1S/C21H25F5N6O3S.ClH/c1-30-12-17(28-29-30)36(34,35)32-8-6-31(7-9-32)20(2-4-21(25,26)5-3-20)13-27-19(33)18-15(23)10-14(22)11-16(18)24;/h10-12H,2-9,13H2,1H3,(H,27,33);1H. The van der Waals surface area contributed by atoms with E-state index in [9.17, 15) is 35.2 Å². The third-order valence-electron chi connectivity index (χ3n) is 6.82. The van der Waals surface area contributed by atoms with E-state index in [1.54, 1.807) is 0 Å². The molecular formula is C21H26ClF5N6O3S. The highest BCUT2D eigenvalue weighted by atomic mass is 35.5. The summed E-state index contributed by atoms with van der Waals surface area (Å²) >= 11 is 0. The van der Waals surface area contributed by atoms with Crippen LogP contribution >= 0.6 is 12.4 Å². The molecule has 1 amide bonds. The van der Waals surface area contributed by atoms with Crippen molar-refractivity contribution in [2.24, 2.45) is 7.05 Å². The SMILES string of the molecule is Cl.Cn1cc(S(=O)(=O)N2CCN(C3(CNC(=O)c4c(F)cc(F)cc4F)CCC(F)(F)CC3)CC2)nn1. The fourth-order valence-electron chi connectivity index (χ4n) is 4.76. The Hall–Kier alpha value is -2.36. The Morgan fingerprint density at radius 1 is 1.03 bits per heavy atom. The predicted octanol–water partition coefficient (Wildman–Crippen LogP) is 2.34. The van der Waals surface area contributed by atoms with E-state index in [0.29, 0.717) is 12.1 Å². The maximum atomic E-state index is 14.1. The molecule has 4 rings (SSSR count). The molecule has 9 nitrogen and oxygen atoms in total. The molecule has 1 N–H and O–H groups in total. The summed E-state index contributed by atoms with van der Waals surface area (Å²) in [5.74, 6) is -7.96. The van der Waals surface area contributed by atoms with E-state index in [4.69, 9.17) is 0 Å². The van der Waals surface area contributed by atoms with E-state index >= 15 is 0 Å². The molecule has 1 saturated carbocycles. The molecule has 0 unspecified atom stereocenters. The lowest BCUT2D eigenvalue weighted by molar-refractivity contribution is -0.0856. The Bertz CT molecular complexity index is 1220. The number of nitrogens with one attached hydrogen (secondary N) is 1. The molecule has 0 radical (unpaired) electrons. The molecule has 2 aliphatic rings. The molecular weight excluding hydrogens is 547 g/mol. The maximum absolute atomic E-state index is 14.1. The van der Waals surface area contributed by atoms with Crippen molar-refractivity contribution < 1.29 is 35.2 Å². The largest absolute Gasteiger partial charge is 0.350 e. The van der Waals surface area contributed by atoms with Crippen LogP contribution < -0.4 is 5.32 Å². The first-order chi connectivity index (χ1) is 16.8. The van der Waals surface area contributed by atoms with Gasteiger partial charge in [-0.25, -0.2) is 30.4 Å². The van der Waals surface area contributed by atoms with E-state index in [0.717, 1.165) is 0 Å². The van der Waals surface area contributed by atoms with Gasteiger partial charge in [0.2, 0.25) is 10.9 Å². The Balaban J connectivity index is 0.00000380. The van der Waals surface area contributed by atoms with Crippen molar-refractivity contribution in [3.05, 3.63) is 41.3 Å². The summed E-state index contributed by atoms with van der Waals surface area (Å²) in [5, 5.41) is 9.51. The first kappa shape index (κ1) is 29.2. The maximum Gasteiger partial charge on any atom is 0.264 e. The lowest BCUT2D eigenvalue weighted by Gasteiger charge is -2.50. The summed E-state index contributed by atoms with van der Waals surface area (Å²) < 4.78 is 97.5. The van der Waals surface area contributed by atoms with Crippen molar-refractivity contribution in [1.29, 1.82) is 0 Å². The molecule has 1 aliphatic carbocycles. The van der Waals surface area contributed by atoms with Gasteiger partial charge in [0.05, 0.1) is 6.20 Å². The van der Waals surface area contributed by atoms with E-state index in [1.807, 2.05) is 4.90 Å². The topological polar surface area (TPSA) is 100 Å². The number of sulfonamides is 1. The second-order valence-electron chi connectivity index (χ2n) is 9.13. The van der Waals surface area contributed by atoms with Crippen LogP contribution in [0, 0.1) is 17.5 Å². The lowest BCUT2D eigenvalue weighted by atomic mass is 9.78. The van der Waals surface area contributed by atoms with Crippen molar-refractivity contribution in [1.82, 2.24) is 29.5 Å². The van der Waals surface area contributed by atoms with E-state index in [-0.39, 0.29) is 63.0 Å². The number of hydrogen-bond acceptors (Lipinski definition) is 6. The second kappa shape index (κ2) is 10.8. The van der Waals surface area contributed by atoms with Gasteiger partial charge < -0.3 is 5.32 Å². The van der Waals surface area contributed by atoms with Crippen LogP contribution in [-0.2, 0) is 17.1 Å². The number of aryl methyl sites for hydroxylation is 1. The van der Waals surface area contributed by atoms with Crippen molar-refractivity contribution in [3.63, 3.8) is 0 Å². The zero-order valence-corrected chi connectivity index (χ0v) is 21.4. The van der Waals surface area contributed by atoms with Gasteiger partial charge in [-0.15, -0.1) is 17.5 Å². The summed E-state index contributed by atoms with van der Waals surface area (Å²) in [6.45, 7) is 0.258. The molecule has 0 bridgehead atoms. The first-order valence-corrected chi connectivity index (χ1v) is 12.7. The lowest BCUT2D eigenvalue weighted by Crippen LogP contribution is -2.63. The highest BCUT2D eigenvalue weighted by Gasteiger charge is 2.48. The van der Waals surface area contributed by atoms with Crippen molar-refractivity contribution in [2.45, 2.75) is 42.2 Å². The van der Waals surface area contributed by atoms with Crippen LogP contribution in [0.2, 0.25) is 0 Å². The van der Waals surface area contributed by atoms with Gasteiger partial charge in [0, 0.05) is 70.3 Å². The van der Waals surface area contributed by atoms with E-state index in [1.165, 1.54) is 22.2 Å². The molecule has 0 atom stereocenters. The van der Waals surface area contributed by atoms with Crippen LogP contribution in [0.5, 0.6) is 0 Å². The summed E-state index contributed by atoms with van der Waals surface area (Å²) in [5.41, 5.74) is -1.94. The normalized spacial score (nSPS) is 20.3. The quantitative estimate of drug-likeness (QED) is 0.534.